The van der Waals surface area contributed by atoms with Crippen LogP contribution in [0, 0.1) is 0 Å². The first-order valence-electron chi connectivity index (χ1n) is 33.6. The molecule has 0 bridgehead atoms. The predicted molar refractivity (Wildman–Crippen MR) is 376 cm³/mol. The smallest absolute Gasteiger partial charge is 0.252 e. The second kappa shape index (κ2) is 17.1. The van der Waals surface area contributed by atoms with Gasteiger partial charge in [0.05, 0.1) is 61.5 Å². The number of fused-ring (bicyclic) bond motifs is 28. The molecule has 0 saturated heterocycles. The Kier molecular flexibility index (Phi) is 8.43. The first kappa shape index (κ1) is 44.7. The van der Waals surface area contributed by atoms with Crippen LogP contribution in [0.15, 0.2) is 309 Å². The lowest BCUT2D eigenvalue weighted by Crippen LogP contribution is -2.59. The van der Waals surface area contributed by atoms with Crippen molar-refractivity contribution in [3.05, 3.63) is 354 Å². The molecule has 0 amide bonds. The zero-order valence-electron chi connectivity index (χ0n) is 53.0. The number of benzene rings is 14. The summed E-state index contributed by atoms with van der Waals surface area (Å²) in [6.45, 7) is -0.368. The van der Waals surface area contributed by atoms with Crippen LogP contribution in [0.1, 0.15) is 50.0 Å². The summed E-state index contributed by atoms with van der Waals surface area (Å²) in [6.07, 6.45) is 0. The maximum Gasteiger partial charge on any atom is 0.252 e. The van der Waals surface area contributed by atoms with Gasteiger partial charge in [0.1, 0.15) is 0 Å². The highest BCUT2D eigenvalue weighted by Gasteiger charge is 2.54. The Hall–Kier alpha value is -11.7. The Morgan fingerprint density at radius 1 is 0.275 bits per heavy atom. The highest BCUT2D eigenvalue weighted by atomic mass is 15.2. The SMILES string of the molecule is [2H]c1ccc2c(c1)c1cc([2H])cc3c1n2-c1cc(-c2c(N4c5ccccc5C5(c6ccccc6-c6ccccc65)c5ccccc54)cccc2N2c4ccccc4C4(c5ccccc5-c5ccccc54)c4ccccc42)cc2c1B3c1cc([2H])cc3c4cc([2H])ccc4n-2c13. The molecule has 5 heteroatoms. The van der Waals surface area contributed by atoms with Crippen LogP contribution in [-0.4, -0.2) is 15.8 Å². The number of hydrogen-bond donors (Lipinski definition) is 0. The van der Waals surface area contributed by atoms with Crippen LogP contribution >= 0.6 is 0 Å². The van der Waals surface area contributed by atoms with Crippen molar-refractivity contribution in [1.29, 1.82) is 0 Å². The van der Waals surface area contributed by atoms with E-state index >= 15 is 0 Å². The Morgan fingerprint density at radius 3 is 0.989 bits per heavy atom. The van der Waals surface area contributed by atoms with Crippen LogP contribution in [0.2, 0.25) is 0 Å². The van der Waals surface area contributed by atoms with Crippen molar-refractivity contribution < 1.29 is 5.48 Å². The summed E-state index contributed by atoms with van der Waals surface area (Å²) in [5.74, 6) is 0. The maximum absolute atomic E-state index is 9.57. The molecule has 0 unspecified atom stereocenters. The average molecular weight is 1160 g/mol. The van der Waals surface area contributed by atoms with Crippen LogP contribution < -0.4 is 26.2 Å². The topological polar surface area (TPSA) is 16.3 Å². The Labute approximate surface area is 531 Å². The van der Waals surface area contributed by atoms with Gasteiger partial charge < -0.3 is 18.9 Å². The molecule has 0 N–H and O–H groups in total. The number of aromatic nitrogens is 2. The molecule has 14 aromatic carbocycles. The third-order valence-electron chi connectivity index (χ3n) is 21.6. The Morgan fingerprint density at radius 2 is 0.604 bits per heavy atom. The van der Waals surface area contributed by atoms with Gasteiger partial charge >= 0.3 is 0 Å². The standard InChI is InChI=1S/C86H51BN4/c1-7-32-61-53(24-1)54-25-2-8-33-62(54)85(61)65-36-11-17-44-73(65)88(74-45-18-12-37-66(74)85)77-48-23-49-78(89-75-46-19-13-38-67(75)86(68-39-14-20-47-76(68)89)63-34-9-3-26-55(63)56-27-4-10-35-64(56)86)81(77)52-50-79-82-80(51-52)91-72-43-16-6-29-58(72)60-31-22-41-70(84(60)91)87(82)69-40-21-30-59-57-28-5-15-42-71(57)90(79)83(59)69/h1-51H/i5D,6D,21D,22D. The Bertz CT molecular complexity index is 5680. The lowest BCUT2D eigenvalue weighted by atomic mass is 9.34. The van der Waals surface area contributed by atoms with Gasteiger partial charge in [0.2, 0.25) is 0 Å². The molecule has 6 aliphatic rings. The van der Waals surface area contributed by atoms with E-state index in [0.717, 1.165) is 117 Å². The molecule has 4 nitrogen and oxygen atoms in total. The maximum atomic E-state index is 9.57. The van der Waals surface area contributed by atoms with E-state index in [1.165, 1.54) is 66.8 Å². The molecule has 16 aromatic rings. The number of rotatable bonds is 3. The van der Waals surface area contributed by atoms with Crippen LogP contribution in [0.3, 0.4) is 0 Å². The molecule has 0 fully saturated rings. The minimum Gasteiger partial charge on any atom is -0.310 e. The van der Waals surface area contributed by atoms with E-state index in [1.807, 2.05) is 48.5 Å². The van der Waals surface area contributed by atoms with E-state index in [1.54, 1.807) is 0 Å². The fraction of sp³-hybridized carbons (Fsp3) is 0.0233. The fourth-order valence-electron chi connectivity index (χ4n) is 18.5. The Balaban J connectivity index is 0.909. The molecule has 0 atom stereocenters. The molecule has 4 aliphatic heterocycles. The van der Waals surface area contributed by atoms with Crippen LogP contribution in [0.5, 0.6) is 0 Å². The average Bonchev–Trinajstić information content (AvgIpc) is 1.53. The van der Waals surface area contributed by atoms with Crippen LogP contribution in [0.25, 0.3) is 88.4 Å². The molecule has 2 aromatic heterocycles. The summed E-state index contributed by atoms with van der Waals surface area (Å²) < 4.78 is 42.2. The van der Waals surface area contributed by atoms with Gasteiger partial charge in [-0.25, -0.2) is 0 Å². The lowest BCUT2D eigenvalue weighted by molar-refractivity contribution is 0.752. The van der Waals surface area contributed by atoms with Gasteiger partial charge in [0, 0.05) is 49.5 Å². The molecule has 2 aliphatic carbocycles. The monoisotopic (exact) mass is 1150 g/mol. The normalized spacial score (nSPS) is 15.3. The first-order chi connectivity index (χ1) is 46.8. The zero-order valence-corrected chi connectivity index (χ0v) is 49.0. The highest BCUT2D eigenvalue weighted by Crippen LogP contribution is 2.67. The van der Waals surface area contributed by atoms with Gasteiger partial charge in [0.25, 0.3) is 6.71 Å². The number of anilines is 6. The third kappa shape index (κ3) is 5.65. The van der Waals surface area contributed by atoms with Crippen molar-refractivity contribution in [3.63, 3.8) is 0 Å². The summed E-state index contributed by atoms with van der Waals surface area (Å²) in [7, 11) is 0. The lowest BCUT2D eigenvalue weighted by Gasteiger charge is -2.47. The molecule has 2 spiro atoms. The van der Waals surface area contributed by atoms with E-state index in [-0.39, 0.29) is 6.71 Å². The van der Waals surface area contributed by atoms with E-state index in [9.17, 15) is 2.74 Å². The molecule has 0 radical (unpaired) electrons. The van der Waals surface area contributed by atoms with E-state index in [0.29, 0.717) is 24.2 Å². The van der Waals surface area contributed by atoms with Gasteiger partial charge in [-0.3, -0.25) is 0 Å². The van der Waals surface area contributed by atoms with Crippen molar-refractivity contribution in [2.75, 3.05) is 9.80 Å². The van der Waals surface area contributed by atoms with Crippen LogP contribution in [-0.2, 0) is 10.8 Å². The summed E-state index contributed by atoms with van der Waals surface area (Å²) in [4.78, 5) is 5.13. The number of hydrogen-bond acceptors (Lipinski definition) is 2. The number of nitrogens with zero attached hydrogens (tertiary/aromatic N) is 4. The minimum atomic E-state index is -0.648. The molecule has 91 heavy (non-hydrogen) atoms. The third-order valence-corrected chi connectivity index (χ3v) is 21.6. The van der Waals surface area contributed by atoms with Gasteiger partial charge in [-0.15, -0.1) is 0 Å². The molecule has 6 heterocycles. The van der Waals surface area contributed by atoms with E-state index in [4.69, 9.17) is 2.74 Å². The van der Waals surface area contributed by atoms with Crippen molar-refractivity contribution in [2.24, 2.45) is 0 Å². The second-order valence-corrected chi connectivity index (χ2v) is 25.4. The van der Waals surface area contributed by atoms with E-state index < -0.39 is 10.8 Å². The van der Waals surface area contributed by atoms with Gasteiger partial charge in [-0.05, 0) is 149 Å². The highest BCUT2D eigenvalue weighted by molar-refractivity contribution is 7.00. The van der Waals surface area contributed by atoms with Gasteiger partial charge in [-0.2, -0.15) is 0 Å². The summed E-state index contributed by atoms with van der Waals surface area (Å²) in [6, 6.07) is 106. The van der Waals surface area contributed by atoms with Crippen molar-refractivity contribution >= 4 is 101 Å². The summed E-state index contributed by atoms with van der Waals surface area (Å²) in [5.41, 5.74) is 30.9. The molecule has 22 rings (SSSR count). The fourth-order valence-corrected chi connectivity index (χ4v) is 18.5. The predicted octanol–water partition coefficient (Wildman–Crippen LogP) is 19.0. The van der Waals surface area contributed by atoms with Crippen molar-refractivity contribution in [1.82, 2.24) is 9.13 Å². The second-order valence-electron chi connectivity index (χ2n) is 25.4. The quantitative estimate of drug-likeness (QED) is 0.164. The first-order valence-corrected chi connectivity index (χ1v) is 31.6. The summed E-state index contributed by atoms with van der Waals surface area (Å²) >= 11 is 0. The summed E-state index contributed by atoms with van der Waals surface area (Å²) in [5, 5.41) is 3.69. The van der Waals surface area contributed by atoms with Crippen molar-refractivity contribution in [2.45, 2.75) is 10.8 Å². The van der Waals surface area contributed by atoms with Gasteiger partial charge in [0.15, 0.2) is 0 Å². The molecular formula is C86H51BN4. The zero-order chi connectivity index (χ0) is 62.5. The van der Waals surface area contributed by atoms with Gasteiger partial charge in [-0.1, -0.05) is 249 Å². The molecule has 418 valence electrons. The minimum absolute atomic E-state index is 0.368. The molecule has 0 saturated carbocycles. The number of para-hydroxylation sites is 8. The largest absolute Gasteiger partial charge is 0.310 e. The van der Waals surface area contributed by atoms with Crippen molar-refractivity contribution in [3.8, 4) is 44.8 Å². The van der Waals surface area contributed by atoms with E-state index in [2.05, 4.69) is 256 Å². The van der Waals surface area contributed by atoms with Crippen LogP contribution in [0.4, 0.5) is 34.1 Å². The molecular weight excluding hydrogens is 1100 g/mol.